The Bertz CT molecular complexity index is 981. The number of aryl methyl sites for hydroxylation is 1. The van der Waals surface area contributed by atoms with E-state index in [4.69, 9.17) is 5.73 Å². The van der Waals surface area contributed by atoms with Gasteiger partial charge in [0.25, 0.3) is 5.91 Å². The van der Waals surface area contributed by atoms with E-state index in [0.29, 0.717) is 12.1 Å². The van der Waals surface area contributed by atoms with E-state index in [0.717, 1.165) is 36.0 Å². The van der Waals surface area contributed by atoms with Crippen molar-refractivity contribution in [3.8, 4) is 11.1 Å². The minimum atomic E-state index is -0.256. The molecule has 0 aliphatic heterocycles. The zero-order valence-corrected chi connectivity index (χ0v) is 17.6. The largest absolute Gasteiger partial charge is 0.349 e. The molecule has 1 atom stereocenters. The maximum absolute atomic E-state index is 13.1. The summed E-state index contributed by atoms with van der Waals surface area (Å²) in [6.45, 7) is 4.56. The lowest BCUT2D eigenvalue weighted by atomic mass is 9.87. The van der Waals surface area contributed by atoms with E-state index in [1.54, 1.807) is 12.1 Å². The number of rotatable bonds is 4. The molecule has 3 nitrogen and oxygen atoms in total. The number of hydrogen-bond acceptors (Lipinski definition) is 2. The van der Waals surface area contributed by atoms with Gasteiger partial charge in [-0.05, 0) is 71.3 Å². The number of carbonyl (C=O) groups excluding carboxylic acids is 1. The van der Waals surface area contributed by atoms with Crippen molar-refractivity contribution in [1.29, 1.82) is 0 Å². The number of carbonyl (C=O) groups is 1. The molecule has 0 saturated heterocycles. The molecule has 30 heavy (non-hydrogen) atoms. The van der Waals surface area contributed by atoms with Gasteiger partial charge >= 0.3 is 0 Å². The molecule has 4 heteroatoms. The normalized spacial score (nSPS) is 14.9. The lowest BCUT2D eigenvalue weighted by Gasteiger charge is -2.26. The standard InChI is InChI=1S/C24H23FN2O.C2H6/c25-22-10-7-18(8-11-22)17-3-5-19(6-4-17)24(28)27-23-12-9-20-13-16(15-26)1-2-21(20)14-23;1-2/h1-8,10-11,13,23H,9,12,14-15,26H2,(H,27,28);1-2H3. The SMILES string of the molecule is CC.NCc1ccc2c(c1)CCC(NC(=O)c1ccc(-c3ccc(F)cc3)cc1)C2. The fourth-order valence-electron chi connectivity index (χ4n) is 3.78. The first kappa shape index (κ1) is 21.7. The molecule has 4 rings (SSSR count). The number of benzene rings is 3. The predicted octanol–water partition coefficient (Wildman–Crippen LogP) is 5.26. The highest BCUT2D eigenvalue weighted by Crippen LogP contribution is 2.24. The summed E-state index contributed by atoms with van der Waals surface area (Å²) in [6.07, 6.45) is 2.73. The zero-order chi connectivity index (χ0) is 21.5. The topological polar surface area (TPSA) is 55.1 Å². The van der Waals surface area contributed by atoms with Gasteiger partial charge in [-0.2, -0.15) is 0 Å². The van der Waals surface area contributed by atoms with Crippen LogP contribution in [-0.4, -0.2) is 11.9 Å². The third-order valence-electron chi connectivity index (χ3n) is 5.39. The molecule has 0 aromatic heterocycles. The van der Waals surface area contributed by atoms with Gasteiger partial charge in [-0.25, -0.2) is 4.39 Å². The minimum Gasteiger partial charge on any atom is -0.349 e. The van der Waals surface area contributed by atoms with Crippen LogP contribution < -0.4 is 11.1 Å². The summed E-state index contributed by atoms with van der Waals surface area (Å²) in [5.74, 6) is -0.314. The molecule has 3 aromatic rings. The van der Waals surface area contributed by atoms with Crippen molar-refractivity contribution in [3.05, 3.63) is 94.8 Å². The van der Waals surface area contributed by atoms with Gasteiger partial charge in [0.15, 0.2) is 0 Å². The van der Waals surface area contributed by atoms with Gasteiger partial charge in [-0.15, -0.1) is 0 Å². The number of nitrogens with two attached hydrogens (primary N) is 1. The molecule has 0 radical (unpaired) electrons. The quantitative estimate of drug-likeness (QED) is 0.623. The van der Waals surface area contributed by atoms with Gasteiger partial charge in [0.1, 0.15) is 5.82 Å². The Balaban J connectivity index is 0.00000124. The average Bonchev–Trinajstić information content (AvgIpc) is 2.80. The first-order valence-electron chi connectivity index (χ1n) is 10.6. The van der Waals surface area contributed by atoms with Crippen LogP contribution in [0.15, 0.2) is 66.7 Å². The van der Waals surface area contributed by atoms with Gasteiger partial charge < -0.3 is 11.1 Å². The third kappa shape index (κ3) is 5.14. The van der Waals surface area contributed by atoms with Crippen LogP contribution in [0.1, 0.15) is 47.3 Å². The summed E-state index contributed by atoms with van der Waals surface area (Å²) in [4.78, 5) is 12.6. The molecule has 1 aliphatic carbocycles. The Labute approximate surface area is 178 Å². The highest BCUT2D eigenvalue weighted by molar-refractivity contribution is 5.94. The molecule has 3 aromatic carbocycles. The Morgan fingerprint density at radius 2 is 1.60 bits per heavy atom. The molecule has 0 spiro atoms. The van der Waals surface area contributed by atoms with E-state index in [1.807, 2.05) is 38.1 Å². The van der Waals surface area contributed by atoms with Crippen LogP contribution >= 0.6 is 0 Å². The summed E-state index contributed by atoms with van der Waals surface area (Å²) < 4.78 is 13.1. The first-order valence-corrected chi connectivity index (χ1v) is 10.6. The molecule has 0 heterocycles. The maximum Gasteiger partial charge on any atom is 0.251 e. The first-order chi connectivity index (χ1) is 14.6. The van der Waals surface area contributed by atoms with Crippen molar-refractivity contribution in [3.63, 3.8) is 0 Å². The molecule has 156 valence electrons. The molecule has 0 bridgehead atoms. The maximum atomic E-state index is 13.1. The smallest absolute Gasteiger partial charge is 0.251 e. The number of fused-ring (bicyclic) bond motifs is 1. The van der Waals surface area contributed by atoms with E-state index >= 15 is 0 Å². The van der Waals surface area contributed by atoms with Crippen LogP contribution in [0.5, 0.6) is 0 Å². The molecule has 1 amide bonds. The highest BCUT2D eigenvalue weighted by atomic mass is 19.1. The summed E-state index contributed by atoms with van der Waals surface area (Å²) in [5, 5.41) is 3.16. The van der Waals surface area contributed by atoms with Crippen LogP contribution in [-0.2, 0) is 19.4 Å². The monoisotopic (exact) mass is 404 g/mol. The van der Waals surface area contributed by atoms with Crippen LogP contribution in [0.4, 0.5) is 4.39 Å². The number of hydrogen-bond donors (Lipinski definition) is 2. The molecule has 0 fully saturated rings. The van der Waals surface area contributed by atoms with Gasteiger partial charge in [0, 0.05) is 18.2 Å². The highest BCUT2D eigenvalue weighted by Gasteiger charge is 2.21. The molecular formula is C26H29FN2O. The van der Waals surface area contributed by atoms with E-state index in [9.17, 15) is 9.18 Å². The lowest BCUT2D eigenvalue weighted by Crippen LogP contribution is -2.38. The van der Waals surface area contributed by atoms with E-state index < -0.39 is 0 Å². The molecular weight excluding hydrogens is 375 g/mol. The van der Waals surface area contributed by atoms with E-state index in [1.165, 1.54) is 23.3 Å². The summed E-state index contributed by atoms with van der Waals surface area (Å²) in [6, 6.07) is 20.3. The Morgan fingerprint density at radius 3 is 2.23 bits per heavy atom. The van der Waals surface area contributed by atoms with Gasteiger partial charge in [0.05, 0.1) is 0 Å². The lowest BCUT2D eigenvalue weighted by molar-refractivity contribution is 0.0933. The van der Waals surface area contributed by atoms with Crippen LogP contribution in [0.2, 0.25) is 0 Å². The van der Waals surface area contributed by atoms with E-state index in [-0.39, 0.29) is 17.8 Å². The Morgan fingerprint density at radius 1 is 0.967 bits per heavy atom. The summed E-state index contributed by atoms with van der Waals surface area (Å²) in [7, 11) is 0. The predicted molar refractivity (Wildman–Crippen MR) is 121 cm³/mol. The average molecular weight is 405 g/mol. The Hall–Kier alpha value is -2.98. The van der Waals surface area contributed by atoms with Crippen molar-refractivity contribution in [2.45, 2.75) is 45.7 Å². The van der Waals surface area contributed by atoms with Gasteiger partial charge in [-0.3, -0.25) is 4.79 Å². The van der Waals surface area contributed by atoms with Crippen molar-refractivity contribution < 1.29 is 9.18 Å². The van der Waals surface area contributed by atoms with Crippen molar-refractivity contribution in [2.24, 2.45) is 5.73 Å². The molecule has 1 aliphatic rings. The third-order valence-corrected chi connectivity index (χ3v) is 5.39. The van der Waals surface area contributed by atoms with Crippen molar-refractivity contribution in [2.75, 3.05) is 0 Å². The molecule has 1 unspecified atom stereocenters. The van der Waals surface area contributed by atoms with Crippen LogP contribution in [0, 0.1) is 5.82 Å². The van der Waals surface area contributed by atoms with Crippen molar-refractivity contribution in [1.82, 2.24) is 5.32 Å². The number of amides is 1. The van der Waals surface area contributed by atoms with Crippen LogP contribution in [0.25, 0.3) is 11.1 Å². The second-order valence-corrected chi connectivity index (χ2v) is 7.30. The summed E-state index contributed by atoms with van der Waals surface area (Å²) in [5.41, 5.74) is 12.0. The zero-order valence-electron chi connectivity index (χ0n) is 17.6. The Kier molecular flexibility index (Phi) is 7.36. The summed E-state index contributed by atoms with van der Waals surface area (Å²) >= 11 is 0. The second kappa shape index (κ2) is 10.2. The van der Waals surface area contributed by atoms with Crippen molar-refractivity contribution >= 4 is 5.91 Å². The van der Waals surface area contributed by atoms with Gasteiger partial charge in [0.2, 0.25) is 0 Å². The van der Waals surface area contributed by atoms with Crippen LogP contribution in [0.3, 0.4) is 0 Å². The molecule has 3 N–H and O–H groups in total. The molecule has 0 saturated carbocycles. The fourth-order valence-corrected chi connectivity index (χ4v) is 3.78. The number of halogens is 1. The van der Waals surface area contributed by atoms with Gasteiger partial charge in [-0.1, -0.05) is 56.3 Å². The van der Waals surface area contributed by atoms with E-state index in [2.05, 4.69) is 23.5 Å². The number of nitrogens with one attached hydrogen (secondary N) is 1. The second-order valence-electron chi connectivity index (χ2n) is 7.30. The minimum absolute atomic E-state index is 0.0577. The fraction of sp³-hybridized carbons (Fsp3) is 0.269.